The zero-order chi connectivity index (χ0) is 20.5. The fraction of sp³-hybridized carbons (Fsp3) is 0.350. The van der Waals surface area contributed by atoms with E-state index in [0.717, 1.165) is 11.9 Å². The Kier molecular flexibility index (Phi) is 5.59. The molecule has 0 aliphatic carbocycles. The van der Waals surface area contributed by atoms with E-state index in [-0.39, 0.29) is 5.78 Å². The topological polar surface area (TPSA) is 66.0 Å². The number of rotatable bonds is 6. The third kappa shape index (κ3) is 3.33. The first-order valence-corrected chi connectivity index (χ1v) is 9.72. The number of Topliss-reactive ketones (excluding diaryl/α,β-unsaturated/α-hetero) is 1. The molecule has 0 saturated carbocycles. The Balaban J connectivity index is 1.92. The van der Waals surface area contributed by atoms with Crippen LogP contribution in [-0.4, -0.2) is 36.9 Å². The summed E-state index contributed by atoms with van der Waals surface area (Å²) in [4.78, 5) is 13.2. The van der Waals surface area contributed by atoms with E-state index in [1.807, 2.05) is 6.07 Å². The van der Waals surface area contributed by atoms with Gasteiger partial charge in [-0.25, -0.2) is 0 Å². The summed E-state index contributed by atoms with van der Waals surface area (Å²) in [6, 6.07) is 10.6. The Labute approximate surface area is 173 Å². The minimum atomic E-state index is -1.39. The molecule has 28 heavy (non-hydrogen) atoms. The number of fused-ring (bicyclic) bond motifs is 1. The van der Waals surface area contributed by atoms with Crippen LogP contribution >= 0.6 is 23.5 Å². The second-order valence-corrected chi connectivity index (χ2v) is 8.46. The van der Waals surface area contributed by atoms with Crippen molar-refractivity contribution in [1.29, 1.82) is 0 Å². The number of anilines is 1. The van der Waals surface area contributed by atoms with Gasteiger partial charge in [-0.3, -0.25) is 4.79 Å². The summed E-state index contributed by atoms with van der Waals surface area (Å²) < 4.78 is 23.9. The van der Waals surface area contributed by atoms with Crippen LogP contribution in [0.15, 0.2) is 36.4 Å². The number of ketones is 1. The van der Waals surface area contributed by atoms with Crippen LogP contribution in [-0.2, 0) is 0 Å². The molecular weight excluding hydrogens is 402 g/mol. The van der Waals surface area contributed by atoms with E-state index >= 15 is 0 Å². The van der Waals surface area contributed by atoms with Gasteiger partial charge in [-0.15, -0.1) is 0 Å². The lowest BCUT2D eigenvalue weighted by Gasteiger charge is -2.43. The van der Waals surface area contributed by atoms with E-state index in [0.29, 0.717) is 34.2 Å². The van der Waals surface area contributed by atoms with Gasteiger partial charge in [-0.1, -0.05) is 23.7 Å². The molecule has 0 aromatic heterocycles. The molecule has 150 valence electrons. The molecule has 0 spiro atoms. The highest BCUT2D eigenvalue weighted by atomic mass is 35.5. The van der Waals surface area contributed by atoms with Crippen molar-refractivity contribution in [2.24, 2.45) is 0 Å². The number of nitrogens with one attached hydrogen (secondary N) is 1. The average molecular weight is 424 g/mol. The van der Waals surface area contributed by atoms with E-state index < -0.39 is 9.81 Å². The maximum Gasteiger partial charge on any atom is 0.210 e. The predicted octanol–water partition coefficient (Wildman–Crippen LogP) is 4.76. The SMILES string of the molecule is COc1cc(NS[C@@]2(Cl)C(=O)c3ccccc3OC2(C)C)cc(OC)c1OC. The van der Waals surface area contributed by atoms with Crippen LogP contribution in [0.25, 0.3) is 0 Å². The highest BCUT2D eigenvalue weighted by molar-refractivity contribution is 8.04. The normalized spacial score (nSPS) is 20.0. The fourth-order valence-corrected chi connectivity index (χ4v) is 4.09. The van der Waals surface area contributed by atoms with Crippen molar-refractivity contribution in [1.82, 2.24) is 0 Å². The first kappa shape index (κ1) is 20.5. The number of hydrogen-bond acceptors (Lipinski definition) is 7. The Bertz CT molecular complexity index is 879. The third-order valence-corrected chi connectivity index (χ3v) is 6.69. The second kappa shape index (κ2) is 7.64. The Morgan fingerprint density at radius 2 is 1.64 bits per heavy atom. The molecular formula is C20H22ClNO5S. The van der Waals surface area contributed by atoms with E-state index in [1.54, 1.807) is 44.2 Å². The van der Waals surface area contributed by atoms with Crippen LogP contribution in [0.2, 0.25) is 0 Å². The number of para-hydroxylation sites is 1. The molecule has 8 heteroatoms. The summed E-state index contributed by atoms with van der Waals surface area (Å²) >= 11 is 7.91. The van der Waals surface area contributed by atoms with Crippen molar-refractivity contribution in [3.05, 3.63) is 42.0 Å². The molecule has 6 nitrogen and oxygen atoms in total. The lowest BCUT2D eigenvalue weighted by molar-refractivity contribution is 0.0579. The number of benzene rings is 2. The van der Waals surface area contributed by atoms with Gasteiger partial charge in [0, 0.05) is 12.1 Å². The maximum absolute atomic E-state index is 13.2. The van der Waals surface area contributed by atoms with Crippen LogP contribution in [0.5, 0.6) is 23.0 Å². The summed E-state index contributed by atoms with van der Waals surface area (Å²) in [5.41, 5.74) is 0.135. The van der Waals surface area contributed by atoms with Crippen LogP contribution in [0.3, 0.4) is 0 Å². The van der Waals surface area contributed by atoms with Crippen LogP contribution in [0.1, 0.15) is 24.2 Å². The number of ether oxygens (including phenoxy) is 4. The molecule has 0 amide bonds. The van der Waals surface area contributed by atoms with Gasteiger partial charge in [0.2, 0.25) is 15.7 Å². The highest BCUT2D eigenvalue weighted by Gasteiger charge is 2.57. The molecule has 2 aromatic rings. The number of methoxy groups -OCH3 is 3. The quantitative estimate of drug-likeness (QED) is 0.530. The molecule has 1 heterocycles. The van der Waals surface area contributed by atoms with Gasteiger partial charge in [0.1, 0.15) is 11.4 Å². The van der Waals surface area contributed by atoms with Gasteiger partial charge < -0.3 is 23.7 Å². The summed E-state index contributed by atoms with van der Waals surface area (Å²) in [6.45, 7) is 3.58. The number of carbonyl (C=O) groups is 1. The molecule has 3 rings (SSSR count). The van der Waals surface area contributed by atoms with E-state index in [2.05, 4.69) is 4.72 Å². The smallest absolute Gasteiger partial charge is 0.210 e. The van der Waals surface area contributed by atoms with Crippen molar-refractivity contribution in [2.75, 3.05) is 26.1 Å². The van der Waals surface area contributed by atoms with Crippen LogP contribution in [0.4, 0.5) is 5.69 Å². The Hall–Kier alpha value is -2.25. The lowest BCUT2D eigenvalue weighted by Crippen LogP contribution is -2.56. The molecule has 1 N–H and O–H groups in total. The van der Waals surface area contributed by atoms with Crippen molar-refractivity contribution in [2.45, 2.75) is 23.7 Å². The van der Waals surface area contributed by atoms with Gasteiger partial charge in [0.25, 0.3) is 0 Å². The molecule has 1 aliphatic rings. The minimum absolute atomic E-state index is 0.217. The number of hydrogen-bond donors (Lipinski definition) is 1. The van der Waals surface area contributed by atoms with Gasteiger partial charge in [-0.2, -0.15) is 0 Å². The molecule has 0 radical (unpaired) electrons. The lowest BCUT2D eigenvalue weighted by atomic mass is 9.92. The number of alkyl halides is 1. The third-order valence-electron chi connectivity index (χ3n) is 4.54. The van der Waals surface area contributed by atoms with Crippen molar-refractivity contribution >= 4 is 35.0 Å². The predicted molar refractivity (Wildman–Crippen MR) is 111 cm³/mol. The van der Waals surface area contributed by atoms with Crippen molar-refractivity contribution < 1.29 is 23.7 Å². The summed E-state index contributed by atoms with van der Waals surface area (Å²) in [6.07, 6.45) is 0. The second-order valence-electron chi connectivity index (χ2n) is 6.65. The highest BCUT2D eigenvalue weighted by Crippen LogP contribution is 2.50. The largest absolute Gasteiger partial charge is 0.493 e. The minimum Gasteiger partial charge on any atom is -0.493 e. The molecule has 1 aliphatic heterocycles. The average Bonchev–Trinajstić information content (AvgIpc) is 2.69. The van der Waals surface area contributed by atoms with Gasteiger partial charge >= 0.3 is 0 Å². The van der Waals surface area contributed by atoms with E-state index in [9.17, 15) is 4.79 Å². The Morgan fingerprint density at radius 3 is 2.21 bits per heavy atom. The van der Waals surface area contributed by atoms with E-state index in [4.69, 9.17) is 30.5 Å². The zero-order valence-corrected chi connectivity index (χ0v) is 17.9. The summed E-state index contributed by atoms with van der Waals surface area (Å²) in [5, 5.41) is 0. The van der Waals surface area contributed by atoms with Gasteiger partial charge in [0.15, 0.2) is 11.5 Å². The van der Waals surface area contributed by atoms with Gasteiger partial charge in [-0.05, 0) is 37.9 Å². The molecule has 0 saturated heterocycles. The van der Waals surface area contributed by atoms with Crippen molar-refractivity contribution in [3.63, 3.8) is 0 Å². The number of carbonyl (C=O) groups excluding carboxylic acids is 1. The summed E-state index contributed by atoms with van der Waals surface area (Å²) in [5.74, 6) is 1.77. The summed E-state index contributed by atoms with van der Waals surface area (Å²) in [7, 11) is 4.61. The zero-order valence-electron chi connectivity index (χ0n) is 16.3. The maximum atomic E-state index is 13.2. The van der Waals surface area contributed by atoms with Gasteiger partial charge in [0.05, 0.1) is 32.6 Å². The van der Waals surface area contributed by atoms with E-state index in [1.165, 1.54) is 21.3 Å². The molecule has 0 fully saturated rings. The fourth-order valence-electron chi connectivity index (χ4n) is 2.97. The standard InChI is InChI=1S/C20H22ClNO5S/c1-19(2)20(21,18(23)13-8-6-7-9-14(13)27-19)28-22-12-10-15(24-3)17(26-5)16(11-12)25-4/h6-11,22H,1-5H3/t20-/m0/s1. The number of halogens is 1. The first-order valence-electron chi connectivity index (χ1n) is 8.53. The first-order chi connectivity index (χ1) is 13.3. The molecule has 0 bridgehead atoms. The van der Waals surface area contributed by atoms with Crippen LogP contribution in [0, 0.1) is 0 Å². The monoisotopic (exact) mass is 423 g/mol. The molecule has 1 atom stereocenters. The Morgan fingerprint density at radius 1 is 1.04 bits per heavy atom. The molecule has 2 aromatic carbocycles. The van der Waals surface area contributed by atoms with Crippen molar-refractivity contribution in [3.8, 4) is 23.0 Å². The van der Waals surface area contributed by atoms with Crippen LogP contribution < -0.4 is 23.7 Å². The molecule has 0 unspecified atom stereocenters.